The zero-order valence-electron chi connectivity index (χ0n) is 14.6. The molecule has 0 saturated carbocycles. The van der Waals surface area contributed by atoms with Crippen LogP contribution in [0.4, 0.5) is 0 Å². The number of likely N-dealkylation sites (tertiary alicyclic amines) is 1. The predicted octanol–water partition coefficient (Wildman–Crippen LogP) is 4.39. The first-order chi connectivity index (χ1) is 12.7. The smallest absolute Gasteiger partial charge is 0.231 e. The summed E-state index contributed by atoms with van der Waals surface area (Å²) >= 11 is 6.08. The molecule has 0 spiro atoms. The van der Waals surface area contributed by atoms with Gasteiger partial charge in [0.1, 0.15) is 5.75 Å². The molecular formula is C20H20ClN3O2. The highest BCUT2D eigenvalue weighted by molar-refractivity contribution is 6.30. The maximum atomic E-state index is 6.08. The SMILES string of the molecule is COc1cccc(-c2noc([C@@H]3CCN(Cc4cccc(Cl)c4)C3)n2)c1. The van der Waals surface area contributed by atoms with Gasteiger partial charge in [-0.3, -0.25) is 4.90 Å². The fourth-order valence-electron chi connectivity index (χ4n) is 3.35. The molecule has 26 heavy (non-hydrogen) atoms. The second-order valence-electron chi connectivity index (χ2n) is 6.54. The number of hydrogen-bond acceptors (Lipinski definition) is 5. The van der Waals surface area contributed by atoms with Gasteiger partial charge in [0, 0.05) is 23.7 Å². The van der Waals surface area contributed by atoms with Crippen molar-refractivity contribution in [2.24, 2.45) is 0 Å². The lowest BCUT2D eigenvalue weighted by atomic mass is 10.1. The van der Waals surface area contributed by atoms with Gasteiger partial charge in [-0.1, -0.05) is 41.0 Å². The molecule has 1 aliphatic heterocycles. The van der Waals surface area contributed by atoms with Crippen LogP contribution in [0.5, 0.6) is 5.75 Å². The Bertz CT molecular complexity index is 896. The maximum Gasteiger partial charge on any atom is 0.231 e. The van der Waals surface area contributed by atoms with Crippen molar-refractivity contribution in [3.05, 3.63) is 65.0 Å². The molecule has 0 bridgehead atoms. The minimum atomic E-state index is 0.265. The fraction of sp³-hybridized carbons (Fsp3) is 0.300. The first-order valence-corrected chi connectivity index (χ1v) is 9.04. The second-order valence-corrected chi connectivity index (χ2v) is 6.98. The Kier molecular flexibility index (Phi) is 4.91. The molecule has 4 rings (SSSR count). The third-order valence-corrected chi connectivity index (χ3v) is 4.92. The lowest BCUT2D eigenvalue weighted by molar-refractivity contribution is 0.309. The Morgan fingerprint density at radius 1 is 1.23 bits per heavy atom. The summed E-state index contributed by atoms with van der Waals surface area (Å²) in [7, 11) is 1.65. The van der Waals surface area contributed by atoms with Gasteiger partial charge < -0.3 is 9.26 Å². The van der Waals surface area contributed by atoms with Gasteiger partial charge >= 0.3 is 0 Å². The predicted molar refractivity (Wildman–Crippen MR) is 100 cm³/mol. The van der Waals surface area contributed by atoms with E-state index in [1.165, 1.54) is 5.56 Å². The Morgan fingerprint density at radius 3 is 2.96 bits per heavy atom. The molecule has 2 aromatic carbocycles. The maximum absolute atomic E-state index is 6.08. The van der Waals surface area contributed by atoms with Crippen LogP contribution in [-0.4, -0.2) is 35.2 Å². The molecule has 0 radical (unpaired) electrons. The van der Waals surface area contributed by atoms with Crippen molar-refractivity contribution in [2.75, 3.05) is 20.2 Å². The lowest BCUT2D eigenvalue weighted by Crippen LogP contribution is -2.19. The van der Waals surface area contributed by atoms with E-state index in [0.29, 0.717) is 11.7 Å². The van der Waals surface area contributed by atoms with Crippen LogP contribution < -0.4 is 4.74 Å². The minimum absolute atomic E-state index is 0.265. The van der Waals surface area contributed by atoms with E-state index in [0.717, 1.165) is 42.4 Å². The second kappa shape index (κ2) is 7.48. The molecule has 0 N–H and O–H groups in total. The Morgan fingerprint density at radius 2 is 2.12 bits per heavy atom. The van der Waals surface area contributed by atoms with E-state index in [1.54, 1.807) is 7.11 Å². The first kappa shape index (κ1) is 17.1. The van der Waals surface area contributed by atoms with Crippen LogP contribution in [0, 0.1) is 0 Å². The van der Waals surface area contributed by atoms with Crippen molar-refractivity contribution < 1.29 is 9.26 Å². The monoisotopic (exact) mass is 369 g/mol. The van der Waals surface area contributed by atoms with Crippen LogP contribution in [0.2, 0.25) is 5.02 Å². The number of benzene rings is 2. The fourth-order valence-corrected chi connectivity index (χ4v) is 3.56. The molecule has 0 unspecified atom stereocenters. The van der Waals surface area contributed by atoms with Crippen molar-refractivity contribution in [3.63, 3.8) is 0 Å². The van der Waals surface area contributed by atoms with E-state index in [2.05, 4.69) is 21.1 Å². The average Bonchev–Trinajstić information content (AvgIpc) is 3.31. The zero-order valence-corrected chi connectivity index (χ0v) is 15.3. The first-order valence-electron chi connectivity index (χ1n) is 8.66. The van der Waals surface area contributed by atoms with Crippen LogP contribution >= 0.6 is 11.6 Å². The third-order valence-electron chi connectivity index (χ3n) is 4.69. The van der Waals surface area contributed by atoms with Gasteiger partial charge in [0.25, 0.3) is 0 Å². The molecule has 2 heterocycles. The lowest BCUT2D eigenvalue weighted by Gasteiger charge is -2.15. The number of halogens is 1. The molecule has 0 aliphatic carbocycles. The quantitative estimate of drug-likeness (QED) is 0.667. The van der Waals surface area contributed by atoms with Gasteiger partial charge in [0.15, 0.2) is 0 Å². The summed E-state index contributed by atoms with van der Waals surface area (Å²) in [5.41, 5.74) is 2.12. The van der Waals surface area contributed by atoms with Gasteiger partial charge in [0.2, 0.25) is 11.7 Å². The van der Waals surface area contributed by atoms with Crippen LogP contribution in [0.15, 0.2) is 53.1 Å². The Labute approximate surface area is 157 Å². The van der Waals surface area contributed by atoms with Gasteiger partial charge in [0.05, 0.1) is 13.0 Å². The van der Waals surface area contributed by atoms with Crippen molar-refractivity contribution in [1.29, 1.82) is 0 Å². The molecule has 1 fully saturated rings. The molecule has 0 amide bonds. The largest absolute Gasteiger partial charge is 0.497 e. The van der Waals surface area contributed by atoms with Crippen molar-refractivity contribution in [1.82, 2.24) is 15.0 Å². The summed E-state index contributed by atoms with van der Waals surface area (Å²) in [5.74, 6) is 2.35. The normalized spacial score (nSPS) is 17.5. The zero-order chi connectivity index (χ0) is 17.9. The Hall–Kier alpha value is -2.37. The number of methoxy groups -OCH3 is 1. The number of aromatic nitrogens is 2. The van der Waals surface area contributed by atoms with Gasteiger partial charge in [-0.25, -0.2) is 0 Å². The molecule has 1 aliphatic rings. The van der Waals surface area contributed by atoms with Gasteiger partial charge in [-0.15, -0.1) is 0 Å². The standard InChI is InChI=1S/C20H20ClN3O2/c1-25-18-7-3-5-15(11-18)19-22-20(26-23-19)16-8-9-24(13-16)12-14-4-2-6-17(21)10-14/h2-7,10-11,16H,8-9,12-13H2,1H3/t16-/m1/s1. The average molecular weight is 370 g/mol. The third kappa shape index (κ3) is 3.74. The number of nitrogens with zero attached hydrogens (tertiary/aromatic N) is 3. The molecular weight excluding hydrogens is 350 g/mol. The highest BCUT2D eigenvalue weighted by Crippen LogP contribution is 2.29. The topological polar surface area (TPSA) is 51.4 Å². The molecule has 3 aromatic rings. The highest BCUT2D eigenvalue weighted by Gasteiger charge is 2.28. The molecule has 1 atom stereocenters. The van der Waals surface area contributed by atoms with Crippen molar-refractivity contribution in [3.8, 4) is 17.1 Å². The van der Waals surface area contributed by atoms with Crippen LogP contribution in [0.3, 0.4) is 0 Å². The number of ether oxygens (including phenoxy) is 1. The van der Waals surface area contributed by atoms with E-state index in [9.17, 15) is 0 Å². The van der Waals surface area contributed by atoms with Crippen LogP contribution in [0.1, 0.15) is 23.8 Å². The van der Waals surface area contributed by atoms with Crippen molar-refractivity contribution >= 4 is 11.6 Å². The number of hydrogen-bond donors (Lipinski definition) is 0. The summed E-state index contributed by atoms with van der Waals surface area (Å²) in [6.45, 7) is 2.80. The summed E-state index contributed by atoms with van der Waals surface area (Å²) in [4.78, 5) is 7.01. The number of rotatable bonds is 5. The Balaban J connectivity index is 1.43. The molecule has 134 valence electrons. The van der Waals surface area contributed by atoms with Gasteiger partial charge in [-0.05, 0) is 42.8 Å². The van der Waals surface area contributed by atoms with E-state index in [-0.39, 0.29) is 5.92 Å². The van der Waals surface area contributed by atoms with Crippen LogP contribution in [0.25, 0.3) is 11.4 Å². The molecule has 1 aromatic heterocycles. The summed E-state index contributed by atoms with van der Waals surface area (Å²) in [5, 5.41) is 4.93. The summed E-state index contributed by atoms with van der Waals surface area (Å²) in [6, 6.07) is 15.7. The minimum Gasteiger partial charge on any atom is -0.497 e. The van der Waals surface area contributed by atoms with E-state index >= 15 is 0 Å². The molecule has 5 nitrogen and oxygen atoms in total. The van der Waals surface area contributed by atoms with Gasteiger partial charge in [-0.2, -0.15) is 4.98 Å². The van der Waals surface area contributed by atoms with E-state index in [1.807, 2.05) is 42.5 Å². The summed E-state index contributed by atoms with van der Waals surface area (Å²) in [6.07, 6.45) is 1.01. The molecule has 1 saturated heterocycles. The van der Waals surface area contributed by atoms with E-state index < -0.39 is 0 Å². The van der Waals surface area contributed by atoms with E-state index in [4.69, 9.17) is 20.9 Å². The summed E-state index contributed by atoms with van der Waals surface area (Å²) < 4.78 is 10.8. The van der Waals surface area contributed by atoms with Crippen LogP contribution in [-0.2, 0) is 6.54 Å². The molecule has 6 heteroatoms. The highest BCUT2D eigenvalue weighted by atomic mass is 35.5. The van der Waals surface area contributed by atoms with Crippen molar-refractivity contribution in [2.45, 2.75) is 18.9 Å².